The Morgan fingerprint density at radius 1 is 1.00 bits per heavy atom. The van der Waals surface area contributed by atoms with Gasteiger partial charge in [0.15, 0.2) is 0 Å². The van der Waals surface area contributed by atoms with Gasteiger partial charge in [-0.3, -0.25) is 0 Å². The summed E-state index contributed by atoms with van der Waals surface area (Å²) in [6.07, 6.45) is 1.63. The minimum Gasteiger partial charge on any atom is -0.308 e. The number of benzene rings is 2. The second kappa shape index (κ2) is 6.80. The van der Waals surface area contributed by atoms with Crippen LogP contribution in [-0.2, 0) is 0 Å². The van der Waals surface area contributed by atoms with Crippen molar-refractivity contribution < 1.29 is 4.48 Å². The van der Waals surface area contributed by atoms with Crippen molar-refractivity contribution in [2.24, 2.45) is 0 Å². The highest BCUT2D eigenvalue weighted by molar-refractivity contribution is 5.88. The lowest BCUT2D eigenvalue weighted by molar-refractivity contribution is -0.875. The molecule has 0 bridgehead atoms. The molecule has 0 saturated heterocycles. The third-order valence-electron chi connectivity index (χ3n) is 3.23. The molecule has 0 aliphatic carbocycles. The Hall–Kier alpha value is -2.48. The Labute approximate surface area is 127 Å². The topological polar surface area (TPSA) is 0 Å². The Kier molecular flexibility index (Phi) is 4.83. The largest absolute Gasteiger partial charge is 0.308 e. The number of fused-ring (bicyclic) bond motifs is 1. The molecule has 2 rings (SSSR count). The lowest BCUT2D eigenvalue weighted by Gasteiger charge is -2.24. The van der Waals surface area contributed by atoms with Gasteiger partial charge >= 0.3 is 0 Å². The molecule has 0 spiro atoms. The summed E-state index contributed by atoms with van der Waals surface area (Å²) in [4.78, 5) is 0. The highest BCUT2D eigenvalue weighted by Gasteiger charge is 2.10. The Morgan fingerprint density at radius 3 is 2.52 bits per heavy atom. The van der Waals surface area contributed by atoms with Crippen molar-refractivity contribution in [3.05, 3.63) is 60.7 Å². The van der Waals surface area contributed by atoms with Gasteiger partial charge in [-0.25, -0.2) is 0 Å². The van der Waals surface area contributed by atoms with Gasteiger partial charge in [0.2, 0.25) is 0 Å². The van der Waals surface area contributed by atoms with Crippen LogP contribution in [0.2, 0.25) is 0 Å². The van der Waals surface area contributed by atoms with Crippen molar-refractivity contribution in [3.63, 3.8) is 0 Å². The van der Waals surface area contributed by atoms with Crippen LogP contribution >= 0.6 is 0 Å². The summed E-state index contributed by atoms with van der Waals surface area (Å²) in [5.41, 5.74) is 1.09. The van der Waals surface area contributed by atoms with Gasteiger partial charge in [0.25, 0.3) is 0 Å². The summed E-state index contributed by atoms with van der Waals surface area (Å²) in [7, 11) is 4.27. The van der Waals surface area contributed by atoms with Crippen LogP contribution in [0.25, 0.3) is 10.8 Å². The Morgan fingerprint density at radius 2 is 1.71 bits per heavy atom. The molecule has 0 aliphatic rings. The molecule has 2 aromatic rings. The summed E-state index contributed by atoms with van der Waals surface area (Å²) < 4.78 is 0.763. The SMILES string of the molecule is C=CC#CC[N+](C)(C)CC#Cc1cccc2ccccc12. The zero-order chi connectivity index (χ0) is 15.1. The van der Waals surface area contributed by atoms with E-state index in [1.165, 1.54) is 10.8 Å². The van der Waals surface area contributed by atoms with Gasteiger partial charge in [-0.15, -0.1) is 0 Å². The van der Waals surface area contributed by atoms with Crippen molar-refractivity contribution in [3.8, 4) is 23.7 Å². The number of rotatable bonds is 2. The van der Waals surface area contributed by atoms with E-state index in [2.05, 4.69) is 86.8 Å². The van der Waals surface area contributed by atoms with Crippen molar-refractivity contribution >= 4 is 10.8 Å². The predicted octanol–water partition coefficient (Wildman–Crippen LogP) is 3.46. The number of hydrogen-bond donors (Lipinski definition) is 0. The van der Waals surface area contributed by atoms with Gasteiger partial charge in [0, 0.05) is 5.56 Å². The summed E-state index contributed by atoms with van der Waals surface area (Å²) in [5.74, 6) is 12.6. The molecule has 0 N–H and O–H groups in total. The van der Waals surface area contributed by atoms with E-state index in [9.17, 15) is 0 Å². The number of quaternary nitrogens is 1. The minimum atomic E-state index is 0.763. The van der Waals surface area contributed by atoms with E-state index in [4.69, 9.17) is 0 Å². The third kappa shape index (κ3) is 4.25. The van der Waals surface area contributed by atoms with Gasteiger partial charge in [-0.05, 0) is 34.8 Å². The molecule has 0 atom stereocenters. The van der Waals surface area contributed by atoms with Gasteiger partial charge in [0.1, 0.15) is 13.1 Å². The van der Waals surface area contributed by atoms with Crippen molar-refractivity contribution in [1.82, 2.24) is 0 Å². The van der Waals surface area contributed by atoms with E-state index in [1.807, 2.05) is 0 Å². The van der Waals surface area contributed by atoms with Gasteiger partial charge in [-0.1, -0.05) is 54.8 Å². The Balaban J connectivity index is 2.16. The van der Waals surface area contributed by atoms with Crippen LogP contribution < -0.4 is 0 Å². The van der Waals surface area contributed by atoms with E-state index >= 15 is 0 Å². The van der Waals surface area contributed by atoms with Crippen LogP contribution in [0.1, 0.15) is 5.56 Å². The van der Waals surface area contributed by atoms with Gasteiger partial charge < -0.3 is 4.48 Å². The fourth-order valence-electron chi connectivity index (χ4n) is 2.07. The van der Waals surface area contributed by atoms with Crippen molar-refractivity contribution in [2.75, 3.05) is 27.2 Å². The number of allylic oxidation sites excluding steroid dienone is 1. The van der Waals surface area contributed by atoms with E-state index in [1.54, 1.807) is 6.08 Å². The van der Waals surface area contributed by atoms with Crippen LogP contribution in [0.15, 0.2) is 55.1 Å². The second-order valence-electron chi connectivity index (χ2n) is 5.61. The van der Waals surface area contributed by atoms with Crippen molar-refractivity contribution in [1.29, 1.82) is 0 Å². The molecule has 0 fully saturated rings. The number of hydrogen-bond acceptors (Lipinski definition) is 0. The van der Waals surface area contributed by atoms with E-state index in [-0.39, 0.29) is 0 Å². The molecular weight excluding hydrogens is 254 g/mol. The fourth-order valence-corrected chi connectivity index (χ4v) is 2.07. The van der Waals surface area contributed by atoms with Gasteiger partial charge in [-0.2, -0.15) is 0 Å². The lowest BCUT2D eigenvalue weighted by Crippen LogP contribution is -2.40. The maximum Gasteiger partial charge on any atom is 0.141 e. The van der Waals surface area contributed by atoms with Crippen LogP contribution in [0.4, 0.5) is 0 Å². The first-order valence-corrected chi connectivity index (χ1v) is 7.00. The smallest absolute Gasteiger partial charge is 0.141 e. The average Bonchev–Trinajstić information content (AvgIpc) is 2.47. The Bertz CT molecular complexity index is 756. The highest BCUT2D eigenvalue weighted by atomic mass is 15.3. The quantitative estimate of drug-likeness (QED) is 0.581. The van der Waals surface area contributed by atoms with Crippen LogP contribution in [-0.4, -0.2) is 31.7 Å². The molecule has 0 unspecified atom stereocenters. The molecule has 0 radical (unpaired) electrons. The summed E-state index contributed by atoms with van der Waals surface area (Å²) >= 11 is 0. The standard InChI is InChI=1S/C20H20N/c1-4-5-8-16-21(2,3)17-10-14-19-13-9-12-18-11-6-7-15-20(18)19/h4,6-7,9,11-13,15H,1,16-17H2,2-3H3/q+1. The highest BCUT2D eigenvalue weighted by Crippen LogP contribution is 2.17. The molecule has 1 nitrogen and oxygen atoms in total. The number of nitrogens with zero attached hydrogens (tertiary/aromatic N) is 1. The predicted molar refractivity (Wildman–Crippen MR) is 90.6 cm³/mol. The van der Waals surface area contributed by atoms with E-state index in [0.717, 1.165) is 23.1 Å². The molecule has 0 amide bonds. The van der Waals surface area contributed by atoms with Crippen LogP contribution in [0.3, 0.4) is 0 Å². The molecule has 0 aliphatic heterocycles. The molecule has 0 saturated carbocycles. The minimum absolute atomic E-state index is 0.763. The first kappa shape index (κ1) is 14.9. The summed E-state index contributed by atoms with van der Waals surface area (Å²) in [5, 5.41) is 2.44. The zero-order valence-corrected chi connectivity index (χ0v) is 12.7. The molecule has 1 heteroatoms. The molecule has 104 valence electrons. The fraction of sp³-hybridized carbons (Fsp3) is 0.200. The molecule has 21 heavy (non-hydrogen) atoms. The maximum atomic E-state index is 3.60. The van der Waals surface area contributed by atoms with E-state index < -0.39 is 0 Å². The summed E-state index contributed by atoms with van der Waals surface area (Å²) in [6.45, 7) is 5.15. The van der Waals surface area contributed by atoms with Crippen LogP contribution in [0.5, 0.6) is 0 Å². The molecular formula is C20H20N+. The zero-order valence-electron chi connectivity index (χ0n) is 12.7. The normalized spacial score (nSPS) is 10.2. The van der Waals surface area contributed by atoms with Gasteiger partial charge in [0.05, 0.1) is 14.1 Å². The monoisotopic (exact) mass is 274 g/mol. The van der Waals surface area contributed by atoms with Crippen molar-refractivity contribution in [2.45, 2.75) is 0 Å². The second-order valence-corrected chi connectivity index (χ2v) is 5.61. The summed E-state index contributed by atoms with van der Waals surface area (Å²) in [6, 6.07) is 14.6. The third-order valence-corrected chi connectivity index (χ3v) is 3.23. The first-order valence-electron chi connectivity index (χ1n) is 7.00. The molecule has 0 heterocycles. The maximum absolute atomic E-state index is 3.60. The first-order chi connectivity index (χ1) is 10.1. The van der Waals surface area contributed by atoms with E-state index in [0.29, 0.717) is 0 Å². The average molecular weight is 274 g/mol. The van der Waals surface area contributed by atoms with Crippen LogP contribution in [0, 0.1) is 23.7 Å². The molecule has 2 aromatic carbocycles. The molecule has 0 aromatic heterocycles. The lowest BCUT2D eigenvalue weighted by atomic mass is 10.1.